The molecule has 0 saturated heterocycles. The van der Waals surface area contributed by atoms with Gasteiger partial charge in [-0.05, 0) is 41.2 Å². The molecule has 2 atom stereocenters. The van der Waals surface area contributed by atoms with Crippen LogP contribution in [-0.2, 0) is 17.8 Å². The largest absolute Gasteiger partial charge is 0.496 e. The van der Waals surface area contributed by atoms with Crippen molar-refractivity contribution in [3.63, 3.8) is 0 Å². The third kappa shape index (κ3) is 4.98. The van der Waals surface area contributed by atoms with Crippen LogP contribution in [0.5, 0.6) is 11.5 Å². The number of aliphatic carboxylic acids is 1. The van der Waals surface area contributed by atoms with E-state index in [1.54, 1.807) is 12.1 Å². The van der Waals surface area contributed by atoms with Crippen LogP contribution in [0, 0.1) is 0 Å². The number of hydrogen-bond acceptors (Lipinski definition) is 5. The molecular weight excluding hydrogens is 442 g/mol. The third-order valence-corrected chi connectivity index (χ3v) is 6.22. The van der Waals surface area contributed by atoms with E-state index in [1.807, 2.05) is 18.2 Å². The molecule has 1 aliphatic carbocycles. The number of methoxy groups -OCH3 is 1. The van der Waals surface area contributed by atoms with E-state index in [4.69, 9.17) is 26.2 Å². The minimum absolute atomic E-state index is 0.124. The summed E-state index contributed by atoms with van der Waals surface area (Å²) in [6.07, 6.45) is 1.64. The number of aliphatic hydroxyl groups excluding tert-OH is 1. The number of benzene rings is 3. The predicted octanol–water partition coefficient (Wildman–Crippen LogP) is 4.62. The molecule has 0 heterocycles. The van der Waals surface area contributed by atoms with Gasteiger partial charge in [0.15, 0.2) is 0 Å². The molecule has 1 aliphatic rings. The van der Waals surface area contributed by atoms with Crippen LogP contribution in [0.3, 0.4) is 0 Å². The Morgan fingerprint density at radius 2 is 1.94 bits per heavy atom. The lowest BCUT2D eigenvalue weighted by molar-refractivity contribution is -0.140. The van der Waals surface area contributed by atoms with Crippen molar-refractivity contribution in [2.45, 2.75) is 31.5 Å². The van der Waals surface area contributed by atoms with E-state index in [-0.39, 0.29) is 12.6 Å². The van der Waals surface area contributed by atoms with Crippen molar-refractivity contribution >= 4 is 17.6 Å². The number of carboxylic acid groups (broad SMARTS) is 1. The monoisotopic (exact) mass is 467 g/mol. The molecular formula is C26H26ClNO5. The molecule has 7 heteroatoms. The number of carbonyl (C=O) groups is 1. The summed E-state index contributed by atoms with van der Waals surface area (Å²) >= 11 is 6.53. The summed E-state index contributed by atoms with van der Waals surface area (Å²) in [5.41, 5.74) is 5.54. The highest BCUT2D eigenvalue weighted by Gasteiger charge is 2.27. The van der Waals surface area contributed by atoms with Crippen LogP contribution in [-0.4, -0.2) is 35.9 Å². The number of halogens is 1. The summed E-state index contributed by atoms with van der Waals surface area (Å²) in [7, 11) is 1.54. The van der Waals surface area contributed by atoms with Crippen LogP contribution in [0.15, 0.2) is 60.7 Å². The molecule has 6 nitrogen and oxygen atoms in total. The standard InChI is InChI=1S/C26H26ClNO5/c1-32-24-13-25(21(27)12-17(24)14-28-22(15-29)26(30)31)33-23-11-10-19-18(8-5-9-20(19)23)16-6-3-2-4-7-16/h2-9,12-13,22-23,28-29H,10-11,14-15H2,1H3,(H,30,31)/t22?,23-/m0/s1. The van der Waals surface area contributed by atoms with Gasteiger partial charge in [0.05, 0.1) is 18.7 Å². The van der Waals surface area contributed by atoms with Gasteiger partial charge >= 0.3 is 5.97 Å². The average Bonchev–Trinajstić information content (AvgIpc) is 3.24. The molecule has 0 aliphatic heterocycles. The average molecular weight is 468 g/mol. The second-order valence-corrected chi connectivity index (χ2v) is 8.34. The topological polar surface area (TPSA) is 88.0 Å². The Hall–Kier alpha value is -3.06. The maximum absolute atomic E-state index is 11.1. The number of ether oxygens (including phenoxy) is 2. The predicted molar refractivity (Wildman–Crippen MR) is 127 cm³/mol. The van der Waals surface area contributed by atoms with Crippen LogP contribution < -0.4 is 14.8 Å². The van der Waals surface area contributed by atoms with Crippen molar-refractivity contribution < 1.29 is 24.5 Å². The van der Waals surface area contributed by atoms with E-state index in [0.29, 0.717) is 22.1 Å². The lowest BCUT2D eigenvalue weighted by atomic mass is 9.97. The first-order chi connectivity index (χ1) is 16.0. The summed E-state index contributed by atoms with van der Waals surface area (Å²) in [5.74, 6) is -0.0882. The Balaban J connectivity index is 1.56. The highest BCUT2D eigenvalue weighted by atomic mass is 35.5. The van der Waals surface area contributed by atoms with Gasteiger partial charge in [0.1, 0.15) is 23.6 Å². The normalized spacial score (nSPS) is 15.7. The van der Waals surface area contributed by atoms with Gasteiger partial charge in [-0.3, -0.25) is 10.1 Å². The molecule has 0 fully saturated rings. The van der Waals surface area contributed by atoms with E-state index < -0.39 is 18.6 Å². The lowest BCUT2D eigenvalue weighted by Crippen LogP contribution is -2.39. The maximum atomic E-state index is 11.1. The Kier molecular flexibility index (Phi) is 7.18. The van der Waals surface area contributed by atoms with Crippen molar-refractivity contribution in [1.29, 1.82) is 0 Å². The van der Waals surface area contributed by atoms with Crippen LogP contribution in [0.2, 0.25) is 5.02 Å². The van der Waals surface area contributed by atoms with Gasteiger partial charge in [-0.1, -0.05) is 60.1 Å². The number of carboxylic acids is 1. The molecule has 3 N–H and O–H groups in total. The number of aliphatic hydroxyl groups is 1. The molecule has 1 unspecified atom stereocenters. The molecule has 0 spiro atoms. The van der Waals surface area contributed by atoms with Crippen LogP contribution in [0.25, 0.3) is 11.1 Å². The molecule has 0 saturated carbocycles. The van der Waals surface area contributed by atoms with Crippen LogP contribution in [0.1, 0.15) is 29.2 Å². The maximum Gasteiger partial charge on any atom is 0.323 e. The van der Waals surface area contributed by atoms with E-state index in [0.717, 1.165) is 18.4 Å². The van der Waals surface area contributed by atoms with Crippen molar-refractivity contribution in [2.24, 2.45) is 0 Å². The molecule has 0 radical (unpaired) electrons. The first-order valence-corrected chi connectivity index (χ1v) is 11.2. The minimum atomic E-state index is -1.13. The second-order valence-electron chi connectivity index (χ2n) is 7.93. The molecule has 0 amide bonds. The summed E-state index contributed by atoms with van der Waals surface area (Å²) in [6, 6.07) is 19.0. The molecule has 3 aromatic rings. The zero-order valence-electron chi connectivity index (χ0n) is 18.3. The summed E-state index contributed by atoms with van der Waals surface area (Å²) in [5, 5.41) is 21.5. The Bertz CT molecular complexity index is 1140. The SMILES string of the molecule is COc1cc(O[C@H]2CCc3c(-c4ccccc4)cccc32)c(Cl)cc1CNC(CO)C(=O)O. The number of hydrogen-bond donors (Lipinski definition) is 3. The quantitative estimate of drug-likeness (QED) is 0.425. The molecule has 0 aromatic heterocycles. The number of nitrogens with one attached hydrogen (secondary N) is 1. The minimum Gasteiger partial charge on any atom is -0.496 e. The van der Waals surface area contributed by atoms with E-state index >= 15 is 0 Å². The molecule has 172 valence electrons. The third-order valence-electron chi connectivity index (χ3n) is 5.92. The van der Waals surface area contributed by atoms with E-state index in [2.05, 4.69) is 35.6 Å². The van der Waals surface area contributed by atoms with Crippen molar-refractivity contribution in [2.75, 3.05) is 13.7 Å². The van der Waals surface area contributed by atoms with Gasteiger partial charge < -0.3 is 19.7 Å². The van der Waals surface area contributed by atoms with Gasteiger partial charge in [-0.25, -0.2) is 0 Å². The van der Waals surface area contributed by atoms with Gasteiger partial charge in [0.25, 0.3) is 0 Å². The molecule has 33 heavy (non-hydrogen) atoms. The van der Waals surface area contributed by atoms with Gasteiger partial charge in [0.2, 0.25) is 0 Å². The fraction of sp³-hybridized carbons (Fsp3) is 0.269. The molecule has 3 aromatic carbocycles. The summed E-state index contributed by atoms with van der Waals surface area (Å²) in [6.45, 7) is -0.341. The summed E-state index contributed by atoms with van der Waals surface area (Å²) < 4.78 is 11.8. The Morgan fingerprint density at radius 1 is 1.15 bits per heavy atom. The molecule has 4 rings (SSSR count). The van der Waals surface area contributed by atoms with E-state index in [1.165, 1.54) is 23.8 Å². The zero-order chi connectivity index (χ0) is 23.4. The highest BCUT2D eigenvalue weighted by Crippen LogP contribution is 2.42. The van der Waals surface area contributed by atoms with Gasteiger partial charge in [-0.15, -0.1) is 0 Å². The lowest BCUT2D eigenvalue weighted by Gasteiger charge is -2.19. The van der Waals surface area contributed by atoms with Crippen LogP contribution >= 0.6 is 11.6 Å². The van der Waals surface area contributed by atoms with Crippen molar-refractivity contribution in [3.05, 3.63) is 82.4 Å². The van der Waals surface area contributed by atoms with Gasteiger partial charge in [-0.2, -0.15) is 0 Å². The first-order valence-electron chi connectivity index (χ1n) is 10.8. The fourth-order valence-electron chi connectivity index (χ4n) is 4.24. The first kappa shape index (κ1) is 23.1. The smallest absolute Gasteiger partial charge is 0.323 e. The van der Waals surface area contributed by atoms with Crippen LogP contribution in [0.4, 0.5) is 0 Å². The Morgan fingerprint density at radius 3 is 2.64 bits per heavy atom. The second kappa shape index (κ2) is 10.3. The number of fused-ring (bicyclic) bond motifs is 1. The van der Waals surface area contributed by atoms with Crippen molar-refractivity contribution in [3.8, 4) is 22.6 Å². The zero-order valence-corrected chi connectivity index (χ0v) is 19.0. The fourth-order valence-corrected chi connectivity index (χ4v) is 4.47. The van der Waals surface area contributed by atoms with Gasteiger partial charge in [0, 0.05) is 18.2 Å². The van der Waals surface area contributed by atoms with E-state index in [9.17, 15) is 9.90 Å². The van der Waals surface area contributed by atoms with Crippen molar-refractivity contribution in [1.82, 2.24) is 5.32 Å². The highest BCUT2D eigenvalue weighted by molar-refractivity contribution is 6.32. The molecule has 0 bridgehead atoms. The number of rotatable bonds is 9. The summed E-state index contributed by atoms with van der Waals surface area (Å²) in [4.78, 5) is 11.1. The Labute approximate surface area is 197 Å².